The normalized spacial score (nSPS) is 12.4. The zero-order valence-electron chi connectivity index (χ0n) is 10.1. The summed E-state index contributed by atoms with van der Waals surface area (Å²) in [5.74, 6) is 0.209. The van der Waals surface area contributed by atoms with Crippen molar-refractivity contribution in [3.05, 3.63) is 46.2 Å². The van der Waals surface area contributed by atoms with E-state index in [9.17, 15) is 4.39 Å². The molecule has 0 aliphatic carbocycles. The molecule has 0 aliphatic heterocycles. The van der Waals surface area contributed by atoms with Crippen molar-refractivity contribution in [1.82, 2.24) is 4.98 Å². The van der Waals surface area contributed by atoms with Gasteiger partial charge in [0.1, 0.15) is 22.7 Å². The number of nitrogens with zero attached hydrogens (tertiary/aromatic N) is 1. The highest BCUT2D eigenvalue weighted by molar-refractivity contribution is 7.09. The first-order chi connectivity index (χ1) is 8.69. The molecule has 0 saturated heterocycles. The highest BCUT2D eigenvalue weighted by Crippen LogP contribution is 2.24. The molecule has 3 nitrogen and oxygen atoms in total. The van der Waals surface area contributed by atoms with E-state index in [4.69, 9.17) is 10.5 Å². The zero-order chi connectivity index (χ0) is 13.0. The SMILES string of the molecule is CC(Oc1cccc(F)c1)c1nc(CCN)cs1. The monoisotopic (exact) mass is 266 g/mol. The summed E-state index contributed by atoms with van der Waals surface area (Å²) in [5.41, 5.74) is 6.46. The summed E-state index contributed by atoms with van der Waals surface area (Å²) in [7, 11) is 0. The Morgan fingerprint density at radius 2 is 2.33 bits per heavy atom. The van der Waals surface area contributed by atoms with Crippen molar-refractivity contribution in [2.45, 2.75) is 19.4 Å². The molecule has 0 spiro atoms. The fourth-order valence-corrected chi connectivity index (χ4v) is 2.40. The number of hydrogen-bond acceptors (Lipinski definition) is 4. The van der Waals surface area contributed by atoms with E-state index in [1.807, 2.05) is 12.3 Å². The number of nitrogens with two attached hydrogens (primary N) is 1. The van der Waals surface area contributed by atoms with Crippen LogP contribution in [-0.2, 0) is 6.42 Å². The van der Waals surface area contributed by atoms with Gasteiger partial charge in [-0.2, -0.15) is 0 Å². The zero-order valence-corrected chi connectivity index (χ0v) is 10.9. The molecule has 0 fully saturated rings. The minimum absolute atomic E-state index is 0.191. The van der Waals surface area contributed by atoms with Gasteiger partial charge in [0, 0.05) is 17.9 Å². The molecule has 96 valence electrons. The second-order valence-electron chi connectivity index (χ2n) is 3.93. The second-order valence-corrected chi connectivity index (χ2v) is 4.82. The number of halogens is 1. The minimum atomic E-state index is -0.303. The smallest absolute Gasteiger partial charge is 0.147 e. The van der Waals surface area contributed by atoms with Crippen molar-refractivity contribution in [2.24, 2.45) is 5.73 Å². The van der Waals surface area contributed by atoms with Gasteiger partial charge in [-0.1, -0.05) is 6.07 Å². The number of aromatic nitrogens is 1. The summed E-state index contributed by atoms with van der Waals surface area (Å²) in [6, 6.07) is 6.11. The Hall–Kier alpha value is -1.46. The van der Waals surface area contributed by atoms with Crippen LogP contribution in [0.1, 0.15) is 23.7 Å². The molecule has 0 amide bonds. The van der Waals surface area contributed by atoms with Gasteiger partial charge in [-0.15, -0.1) is 11.3 Å². The number of thiazole rings is 1. The fraction of sp³-hybridized carbons (Fsp3) is 0.308. The molecule has 2 aromatic rings. The Morgan fingerprint density at radius 3 is 3.06 bits per heavy atom. The molecule has 1 aromatic carbocycles. The Labute approximate surface area is 109 Å². The van der Waals surface area contributed by atoms with Gasteiger partial charge in [0.15, 0.2) is 0 Å². The first kappa shape index (κ1) is 13.0. The van der Waals surface area contributed by atoms with E-state index in [1.54, 1.807) is 12.1 Å². The van der Waals surface area contributed by atoms with Gasteiger partial charge >= 0.3 is 0 Å². The van der Waals surface area contributed by atoms with Gasteiger partial charge in [-0.25, -0.2) is 9.37 Å². The highest BCUT2D eigenvalue weighted by atomic mass is 32.1. The van der Waals surface area contributed by atoms with E-state index in [1.165, 1.54) is 23.5 Å². The van der Waals surface area contributed by atoms with Crippen molar-refractivity contribution in [3.8, 4) is 5.75 Å². The first-order valence-corrected chi connectivity index (χ1v) is 6.63. The largest absolute Gasteiger partial charge is 0.483 e. The molecule has 0 saturated carbocycles. The minimum Gasteiger partial charge on any atom is -0.483 e. The molecule has 0 aliphatic rings. The van der Waals surface area contributed by atoms with Crippen molar-refractivity contribution in [1.29, 1.82) is 0 Å². The summed E-state index contributed by atoms with van der Waals surface area (Å²) in [6.07, 6.45) is 0.576. The number of hydrogen-bond donors (Lipinski definition) is 1. The molecule has 1 unspecified atom stereocenters. The van der Waals surface area contributed by atoms with Crippen LogP contribution in [0.4, 0.5) is 4.39 Å². The van der Waals surface area contributed by atoms with Crippen LogP contribution in [0.15, 0.2) is 29.6 Å². The van der Waals surface area contributed by atoms with Crippen LogP contribution >= 0.6 is 11.3 Å². The molecule has 0 radical (unpaired) electrons. The number of rotatable bonds is 5. The summed E-state index contributed by atoms with van der Waals surface area (Å²) in [6.45, 7) is 2.48. The van der Waals surface area contributed by atoms with Crippen molar-refractivity contribution in [3.63, 3.8) is 0 Å². The molecule has 0 bridgehead atoms. The fourth-order valence-electron chi connectivity index (χ4n) is 1.57. The molecule has 5 heteroatoms. The maximum Gasteiger partial charge on any atom is 0.147 e. The number of ether oxygens (including phenoxy) is 1. The molecule has 2 N–H and O–H groups in total. The third-order valence-corrected chi connectivity index (χ3v) is 3.48. The van der Waals surface area contributed by atoms with Crippen molar-refractivity contribution < 1.29 is 9.13 Å². The lowest BCUT2D eigenvalue weighted by atomic mass is 10.3. The van der Waals surface area contributed by atoms with E-state index in [0.29, 0.717) is 12.3 Å². The lowest BCUT2D eigenvalue weighted by Crippen LogP contribution is -2.05. The molecule has 1 atom stereocenters. The molecule has 2 rings (SSSR count). The van der Waals surface area contributed by atoms with Gasteiger partial charge in [0.2, 0.25) is 0 Å². The molecule has 18 heavy (non-hydrogen) atoms. The summed E-state index contributed by atoms with van der Waals surface area (Å²) >= 11 is 1.54. The van der Waals surface area contributed by atoms with Gasteiger partial charge < -0.3 is 10.5 Å². The number of benzene rings is 1. The maximum absolute atomic E-state index is 13.0. The average molecular weight is 266 g/mol. The van der Waals surface area contributed by atoms with Crippen molar-refractivity contribution >= 4 is 11.3 Å². The van der Waals surface area contributed by atoms with Gasteiger partial charge in [0.05, 0.1) is 5.69 Å². The Bertz CT molecular complexity index is 515. The van der Waals surface area contributed by atoms with E-state index in [2.05, 4.69) is 4.98 Å². The Balaban J connectivity index is 2.04. The lowest BCUT2D eigenvalue weighted by molar-refractivity contribution is 0.225. The van der Waals surface area contributed by atoms with Gasteiger partial charge in [-0.05, 0) is 25.6 Å². The van der Waals surface area contributed by atoms with Crippen LogP contribution < -0.4 is 10.5 Å². The van der Waals surface area contributed by atoms with Crippen LogP contribution in [0.25, 0.3) is 0 Å². The average Bonchev–Trinajstić information content (AvgIpc) is 2.78. The second kappa shape index (κ2) is 5.93. The van der Waals surface area contributed by atoms with E-state index in [-0.39, 0.29) is 11.9 Å². The van der Waals surface area contributed by atoms with Gasteiger partial charge in [0.25, 0.3) is 0 Å². The third-order valence-electron chi connectivity index (χ3n) is 2.43. The van der Waals surface area contributed by atoms with Gasteiger partial charge in [-0.3, -0.25) is 0 Å². The lowest BCUT2D eigenvalue weighted by Gasteiger charge is -2.12. The first-order valence-electron chi connectivity index (χ1n) is 5.75. The molecule has 1 heterocycles. The van der Waals surface area contributed by atoms with Crippen LogP contribution in [0.3, 0.4) is 0 Å². The standard InChI is InChI=1S/C13H15FN2OS/c1-9(13-16-11(5-6-15)8-18-13)17-12-4-2-3-10(14)7-12/h2-4,7-9H,5-6,15H2,1H3. The Morgan fingerprint density at radius 1 is 1.50 bits per heavy atom. The van der Waals surface area contributed by atoms with Crippen LogP contribution in [0, 0.1) is 5.82 Å². The molecule has 1 aromatic heterocycles. The van der Waals surface area contributed by atoms with Crippen LogP contribution in [0.2, 0.25) is 0 Å². The van der Waals surface area contributed by atoms with Crippen LogP contribution in [0.5, 0.6) is 5.75 Å². The Kier molecular flexibility index (Phi) is 4.28. The van der Waals surface area contributed by atoms with Crippen molar-refractivity contribution in [2.75, 3.05) is 6.54 Å². The molecular weight excluding hydrogens is 251 g/mol. The predicted octanol–water partition coefficient (Wildman–Crippen LogP) is 2.92. The maximum atomic E-state index is 13.0. The van der Waals surface area contributed by atoms with E-state index < -0.39 is 0 Å². The topological polar surface area (TPSA) is 48.1 Å². The summed E-state index contributed by atoms with van der Waals surface area (Å²) in [5, 5.41) is 2.86. The quantitative estimate of drug-likeness (QED) is 0.905. The van der Waals surface area contributed by atoms with E-state index >= 15 is 0 Å². The summed E-state index contributed by atoms with van der Waals surface area (Å²) < 4.78 is 18.7. The summed E-state index contributed by atoms with van der Waals surface area (Å²) in [4.78, 5) is 4.44. The van der Waals surface area contributed by atoms with Crippen LogP contribution in [-0.4, -0.2) is 11.5 Å². The predicted molar refractivity (Wildman–Crippen MR) is 70.3 cm³/mol. The van der Waals surface area contributed by atoms with E-state index in [0.717, 1.165) is 17.1 Å². The molecular formula is C13H15FN2OS. The highest BCUT2D eigenvalue weighted by Gasteiger charge is 2.12. The third kappa shape index (κ3) is 3.27.